The Balaban J connectivity index is 2.17. The summed E-state index contributed by atoms with van der Waals surface area (Å²) in [4.78, 5) is 14.5. The summed E-state index contributed by atoms with van der Waals surface area (Å²) in [6.07, 6.45) is 1.51. The molecule has 0 amide bonds. The van der Waals surface area contributed by atoms with E-state index in [-0.39, 0.29) is 11.5 Å². The first-order valence-electron chi connectivity index (χ1n) is 5.34. The number of nitrogens with one attached hydrogen (secondary N) is 1. The van der Waals surface area contributed by atoms with Crippen molar-refractivity contribution in [3.8, 4) is 0 Å². The number of hydrogen-bond donors (Lipinski definition) is 1. The van der Waals surface area contributed by atoms with Crippen molar-refractivity contribution < 1.29 is 4.92 Å². The van der Waals surface area contributed by atoms with Crippen molar-refractivity contribution >= 4 is 39.0 Å². The van der Waals surface area contributed by atoms with E-state index in [2.05, 4.69) is 26.2 Å². The van der Waals surface area contributed by atoms with E-state index in [9.17, 15) is 10.1 Å². The van der Waals surface area contributed by atoms with Gasteiger partial charge < -0.3 is 5.32 Å². The van der Waals surface area contributed by atoms with Crippen molar-refractivity contribution in [2.45, 2.75) is 6.54 Å². The van der Waals surface area contributed by atoms with Gasteiger partial charge in [0, 0.05) is 28.3 Å². The normalized spacial score (nSPS) is 10.2. The largest absolute Gasteiger partial charge is 0.360 e. The SMILES string of the molecule is O=[N+]([O-])c1cc(Br)cnc1NCc1cccc(Cl)c1. The molecule has 0 aliphatic carbocycles. The third-order valence-electron chi connectivity index (χ3n) is 2.38. The first kappa shape index (κ1) is 13.8. The number of nitrogens with zero attached hydrogens (tertiary/aromatic N) is 2. The molecule has 5 nitrogen and oxygen atoms in total. The van der Waals surface area contributed by atoms with Crippen LogP contribution >= 0.6 is 27.5 Å². The van der Waals surface area contributed by atoms with Crippen molar-refractivity contribution in [1.29, 1.82) is 0 Å². The molecule has 19 heavy (non-hydrogen) atoms. The molecule has 0 aliphatic heterocycles. The van der Waals surface area contributed by atoms with Gasteiger partial charge in [0.05, 0.1) is 4.92 Å². The summed E-state index contributed by atoms with van der Waals surface area (Å²) in [5.41, 5.74) is 0.850. The zero-order chi connectivity index (χ0) is 13.8. The fourth-order valence-electron chi connectivity index (χ4n) is 1.54. The zero-order valence-corrected chi connectivity index (χ0v) is 12.0. The van der Waals surface area contributed by atoms with Gasteiger partial charge in [0.25, 0.3) is 0 Å². The Hall–Kier alpha value is -1.66. The maximum Gasteiger partial charge on any atom is 0.312 e. The molecule has 0 fully saturated rings. The Morgan fingerprint density at radius 1 is 1.42 bits per heavy atom. The number of pyridine rings is 1. The van der Waals surface area contributed by atoms with Gasteiger partial charge in [-0.2, -0.15) is 0 Å². The monoisotopic (exact) mass is 341 g/mol. The van der Waals surface area contributed by atoms with Gasteiger partial charge in [-0.15, -0.1) is 0 Å². The molecule has 0 saturated heterocycles. The third-order valence-corrected chi connectivity index (χ3v) is 3.05. The minimum absolute atomic E-state index is 0.0728. The number of nitro groups is 1. The van der Waals surface area contributed by atoms with Gasteiger partial charge in [-0.25, -0.2) is 4.98 Å². The number of aromatic nitrogens is 1. The maximum absolute atomic E-state index is 10.9. The highest BCUT2D eigenvalue weighted by Crippen LogP contribution is 2.25. The molecular weight excluding hydrogens is 334 g/mol. The second kappa shape index (κ2) is 5.99. The van der Waals surface area contributed by atoms with E-state index in [0.29, 0.717) is 16.0 Å². The van der Waals surface area contributed by atoms with Crippen LogP contribution in [0.15, 0.2) is 41.0 Å². The van der Waals surface area contributed by atoms with Crippen LogP contribution in [0.2, 0.25) is 5.02 Å². The molecule has 0 saturated carbocycles. The van der Waals surface area contributed by atoms with Gasteiger partial charge >= 0.3 is 5.69 Å². The summed E-state index contributed by atoms with van der Waals surface area (Å²) < 4.78 is 0.563. The van der Waals surface area contributed by atoms with Gasteiger partial charge in [-0.3, -0.25) is 10.1 Å². The summed E-state index contributed by atoms with van der Waals surface area (Å²) >= 11 is 9.03. The molecule has 1 N–H and O–H groups in total. The summed E-state index contributed by atoms with van der Waals surface area (Å²) in [6, 6.07) is 8.67. The summed E-state index contributed by atoms with van der Waals surface area (Å²) in [5.74, 6) is 0.230. The van der Waals surface area contributed by atoms with E-state index in [1.165, 1.54) is 12.3 Å². The molecule has 7 heteroatoms. The third kappa shape index (κ3) is 3.65. The number of halogens is 2. The van der Waals surface area contributed by atoms with Crippen LogP contribution in [0, 0.1) is 10.1 Å². The lowest BCUT2D eigenvalue weighted by Crippen LogP contribution is -2.04. The molecular formula is C12H9BrClN3O2. The van der Waals surface area contributed by atoms with Crippen molar-refractivity contribution in [3.05, 3.63) is 61.7 Å². The lowest BCUT2D eigenvalue weighted by molar-refractivity contribution is -0.384. The Bertz CT molecular complexity index is 622. The summed E-state index contributed by atoms with van der Waals surface area (Å²) in [6.45, 7) is 0.413. The Morgan fingerprint density at radius 3 is 2.89 bits per heavy atom. The van der Waals surface area contributed by atoms with Crippen LogP contribution in [-0.2, 0) is 6.54 Å². The average molecular weight is 343 g/mol. The molecule has 1 aromatic carbocycles. The number of benzene rings is 1. The number of rotatable bonds is 4. The first-order valence-corrected chi connectivity index (χ1v) is 6.51. The van der Waals surface area contributed by atoms with Crippen molar-refractivity contribution in [3.63, 3.8) is 0 Å². The molecule has 0 bridgehead atoms. The second-order valence-electron chi connectivity index (χ2n) is 3.76. The van der Waals surface area contributed by atoms with E-state index < -0.39 is 4.92 Å². The predicted molar refractivity (Wildman–Crippen MR) is 77.4 cm³/mol. The standard InChI is InChI=1S/C12H9BrClN3O2/c13-9-5-11(17(18)19)12(16-7-9)15-6-8-2-1-3-10(14)4-8/h1-5,7H,6H2,(H,15,16). The molecule has 1 heterocycles. The molecule has 98 valence electrons. The van der Waals surface area contributed by atoms with Crippen LogP contribution in [0.3, 0.4) is 0 Å². The highest BCUT2D eigenvalue weighted by molar-refractivity contribution is 9.10. The van der Waals surface area contributed by atoms with Crippen LogP contribution < -0.4 is 5.32 Å². The van der Waals surface area contributed by atoms with Crippen LogP contribution in [-0.4, -0.2) is 9.91 Å². The summed E-state index contributed by atoms with van der Waals surface area (Å²) in [7, 11) is 0. The van der Waals surface area contributed by atoms with E-state index in [1.807, 2.05) is 12.1 Å². The Morgan fingerprint density at radius 2 is 2.21 bits per heavy atom. The zero-order valence-electron chi connectivity index (χ0n) is 9.64. The van der Waals surface area contributed by atoms with Gasteiger partial charge in [0.2, 0.25) is 5.82 Å². The molecule has 0 spiro atoms. The van der Waals surface area contributed by atoms with E-state index in [0.717, 1.165) is 5.56 Å². The fraction of sp³-hybridized carbons (Fsp3) is 0.0833. The first-order chi connectivity index (χ1) is 9.06. The van der Waals surface area contributed by atoms with Crippen molar-refractivity contribution in [1.82, 2.24) is 4.98 Å². The molecule has 0 unspecified atom stereocenters. The van der Waals surface area contributed by atoms with E-state index in [1.54, 1.807) is 12.1 Å². The molecule has 0 atom stereocenters. The van der Waals surface area contributed by atoms with E-state index in [4.69, 9.17) is 11.6 Å². The minimum Gasteiger partial charge on any atom is -0.360 e. The van der Waals surface area contributed by atoms with Crippen LogP contribution in [0.5, 0.6) is 0 Å². The Labute approximate surface area is 122 Å². The quantitative estimate of drug-likeness (QED) is 0.673. The minimum atomic E-state index is -0.474. The van der Waals surface area contributed by atoms with Crippen LogP contribution in [0.4, 0.5) is 11.5 Å². The molecule has 0 radical (unpaired) electrons. The van der Waals surface area contributed by atoms with Gasteiger partial charge in [-0.1, -0.05) is 23.7 Å². The molecule has 0 aliphatic rings. The molecule has 2 rings (SSSR count). The topological polar surface area (TPSA) is 68.1 Å². The lowest BCUT2D eigenvalue weighted by Gasteiger charge is -2.06. The number of hydrogen-bond acceptors (Lipinski definition) is 4. The lowest BCUT2D eigenvalue weighted by atomic mass is 10.2. The van der Waals surface area contributed by atoms with Gasteiger partial charge in [-0.05, 0) is 33.6 Å². The fourth-order valence-corrected chi connectivity index (χ4v) is 2.07. The van der Waals surface area contributed by atoms with Crippen LogP contribution in [0.25, 0.3) is 0 Å². The number of anilines is 1. The maximum atomic E-state index is 10.9. The van der Waals surface area contributed by atoms with Crippen molar-refractivity contribution in [2.24, 2.45) is 0 Å². The predicted octanol–water partition coefficient (Wildman–Crippen LogP) is 4.02. The summed E-state index contributed by atoms with van der Waals surface area (Å²) in [5, 5.41) is 14.5. The van der Waals surface area contributed by atoms with Gasteiger partial charge in [0.1, 0.15) is 0 Å². The molecule has 2 aromatic rings. The average Bonchev–Trinajstić information content (AvgIpc) is 2.37. The van der Waals surface area contributed by atoms with Gasteiger partial charge in [0.15, 0.2) is 0 Å². The second-order valence-corrected chi connectivity index (χ2v) is 5.11. The van der Waals surface area contributed by atoms with Crippen LogP contribution in [0.1, 0.15) is 5.56 Å². The van der Waals surface area contributed by atoms with Crippen molar-refractivity contribution in [2.75, 3.05) is 5.32 Å². The smallest absolute Gasteiger partial charge is 0.312 e. The highest BCUT2D eigenvalue weighted by Gasteiger charge is 2.15. The van der Waals surface area contributed by atoms with E-state index >= 15 is 0 Å². The Kier molecular flexibility index (Phi) is 4.34. The molecule has 1 aromatic heterocycles. The highest BCUT2D eigenvalue weighted by atomic mass is 79.9.